The Labute approximate surface area is 108 Å². The van der Waals surface area contributed by atoms with Crippen molar-refractivity contribution in [1.82, 2.24) is 0 Å². The van der Waals surface area contributed by atoms with Crippen molar-refractivity contribution in [3.05, 3.63) is 28.3 Å². The van der Waals surface area contributed by atoms with Gasteiger partial charge in [0.2, 0.25) is 0 Å². The predicted molar refractivity (Wildman–Crippen MR) is 72.6 cm³/mol. The zero-order valence-corrected chi connectivity index (χ0v) is 11.4. The number of methoxy groups -OCH3 is 1. The Morgan fingerprint density at radius 3 is 2.47 bits per heavy atom. The number of nitrogens with two attached hydrogens (primary N) is 2. The van der Waals surface area contributed by atoms with E-state index in [4.69, 9.17) is 27.8 Å². The van der Waals surface area contributed by atoms with Gasteiger partial charge in [-0.05, 0) is 44.4 Å². The topological polar surface area (TPSA) is 61.3 Å². The van der Waals surface area contributed by atoms with Crippen molar-refractivity contribution in [2.75, 3.05) is 7.11 Å². The third-order valence-electron chi connectivity index (χ3n) is 2.84. The highest BCUT2D eigenvalue weighted by Crippen LogP contribution is 2.31. The summed E-state index contributed by atoms with van der Waals surface area (Å²) in [6, 6.07) is 3.88. The van der Waals surface area contributed by atoms with Gasteiger partial charge in [0.1, 0.15) is 5.75 Å². The van der Waals surface area contributed by atoms with Crippen LogP contribution in [0.2, 0.25) is 5.02 Å². The van der Waals surface area contributed by atoms with E-state index in [1.807, 2.05) is 26.0 Å². The van der Waals surface area contributed by atoms with Crippen molar-refractivity contribution < 1.29 is 4.74 Å². The van der Waals surface area contributed by atoms with Gasteiger partial charge in [-0.25, -0.2) is 0 Å². The van der Waals surface area contributed by atoms with Crippen LogP contribution in [-0.2, 0) is 0 Å². The summed E-state index contributed by atoms with van der Waals surface area (Å²) < 4.78 is 5.34. The van der Waals surface area contributed by atoms with Crippen LogP contribution in [0.15, 0.2) is 12.1 Å². The summed E-state index contributed by atoms with van der Waals surface area (Å²) >= 11 is 6.11. The Balaban J connectivity index is 2.91. The number of hydrogen-bond acceptors (Lipinski definition) is 3. The number of aryl methyl sites for hydroxylation is 1. The maximum atomic E-state index is 6.14. The summed E-state index contributed by atoms with van der Waals surface area (Å²) in [4.78, 5) is 0. The molecule has 4 heteroatoms. The molecule has 0 saturated heterocycles. The van der Waals surface area contributed by atoms with Crippen LogP contribution < -0.4 is 16.2 Å². The Hall–Kier alpha value is -0.770. The summed E-state index contributed by atoms with van der Waals surface area (Å²) in [7, 11) is 1.64. The molecular formula is C13H21ClN2O. The van der Waals surface area contributed by atoms with Gasteiger partial charge >= 0.3 is 0 Å². The summed E-state index contributed by atoms with van der Waals surface area (Å²) in [6.45, 7) is 3.92. The molecule has 0 aliphatic rings. The highest BCUT2D eigenvalue weighted by Gasteiger charge is 2.14. The van der Waals surface area contributed by atoms with Gasteiger partial charge in [0.05, 0.1) is 7.11 Å². The van der Waals surface area contributed by atoms with Crippen molar-refractivity contribution >= 4 is 11.6 Å². The lowest BCUT2D eigenvalue weighted by atomic mass is 9.98. The number of hydrogen-bond donors (Lipinski definition) is 2. The van der Waals surface area contributed by atoms with E-state index < -0.39 is 0 Å². The molecule has 0 bridgehead atoms. The Kier molecular flexibility index (Phi) is 5.25. The molecule has 1 aromatic carbocycles. The monoisotopic (exact) mass is 256 g/mol. The van der Waals surface area contributed by atoms with Crippen LogP contribution in [0.3, 0.4) is 0 Å². The second-order valence-corrected chi connectivity index (χ2v) is 4.91. The minimum Gasteiger partial charge on any atom is -0.496 e. The van der Waals surface area contributed by atoms with E-state index >= 15 is 0 Å². The number of benzene rings is 1. The lowest BCUT2D eigenvalue weighted by Crippen LogP contribution is -2.19. The molecule has 0 spiro atoms. The van der Waals surface area contributed by atoms with Crippen molar-refractivity contribution in [3.8, 4) is 5.75 Å². The molecule has 0 fully saturated rings. The van der Waals surface area contributed by atoms with Gasteiger partial charge in [-0.15, -0.1) is 0 Å². The molecule has 1 aromatic rings. The van der Waals surface area contributed by atoms with Gasteiger partial charge in [-0.2, -0.15) is 0 Å². The SMILES string of the molecule is COc1cc(C)c(Cl)cc1C(N)CCC(C)N. The molecule has 2 atom stereocenters. The van der Waals surface area contributed by atoms with Crippen LogP contribution in [-0.4, -0.2) is 13.2 Å². The lowest BCUT2D eigenvalue weighted by Gasteiger charge is -2.18. The van der Waals surface area contributed by atoms with E-state index in [1.54, 1.807) is 7.11 Å². The fourth-order valence-corrected chi connectivity index (χ4v) is 1.91. The maximum absolute atomic E-state index is 6.14. The van der Waals surface area contributed by atoms with Crippen LogP contribution in [0.25, 0.3) is 0 Å². The number of halogens is 1. The molecular weight excluding hydrogens is 236 g/mol. The minimum atomic E-state index is -0.0888. The Bertz CT molecular complexity index is 380. The second kappa shape index (κ2) is 6.24. The highest BCUT2D eigenvalue weighted by atomic mass is 35.5. The summed E-state index contributed by atoms with van der Waals surface area (Å²) in [5, 5.41) is 0.719. The molecule has 0 aliphatic carbocycles. The molecule has 0 aromatic heterocycles. The van der Waals surface area contributed by atoms with Gasteiger partial charge in [0.25, 0.3) is 0 Å². The van der Waals surface area contributed by atoms with E-state index in [2.05, 4.69) is 0 Å². The summed E-state index contributed by atoms with van der Waals surface area (Å²) in [6.07, 6.45) is 1.71. The van der Waals surface area contributed by atoms with Crippen LogP contribution in [0.5, 0.6) is 5.75 Å². The first-order chi connectivity index (χ1) is 7.95. The van der Waals surface area contributed by atoms with E-state index in [1.165, 1.54) is 0 Å². The predicted octanol–water partition coefficient (Wildman–Crippen LogP) is 2.78. The van der Waals surface area contributed by atoms with Crippen LogP contribution in [0, 0.1) is 6.92 Å². The third-order valence-corrected chi connectivity index (χ3v) is 3.25. The second-order valence-electron chi connectivity index (χ2n) is 4.50. The molecule has 0 radical (unpaired) electrons. The Morgan fingerprint density at radius 2 is 1.94 bits per heavy atom. The highest BCUT2D eigenvalue weighted by molar-refractivity contribution is 6.31. The standard InChI is InChI=1S/C13H21ClN2O/c1-8-6-13(17-3)10(7-11(8)14)12(16)5-4-9(2)15/h6-7,9,12H,4-5,15-16H2,1-3H3. The lowest BCUT2D eigenvalue weighted by molar-refractivity contribution is 0.402. The quantitative estimate of drug-likeness (QED) is 0.852. The average Bonchev–Trinajstić information content (AvgIpc) is 2.28. The fraction of sp³-hybridized carbons (Fsp3) is 0.538. The molecule has 0 amide bonds. The van der Waals surface area contributed by atoms with Gasteiger partial charge in [0.15, 0.2) is 0 Å². The van der Waals surface area contributed by atoms with Gasteiger partial charge < -0.3 is 16.2 Å². The maximum Gasteiger partial charge on any atom is 0.123 e. The summed E-state index contributed by atoms with van der Waals surface area (Å²) in [5.74, 6) is 0.795. The van der Waals surface area contributed by atoms with E-state index in [9.17, 15) is 0 Å². The van der Waals surface area contributed by atoms with Crippen LogP contribution >= 0.6 is 11.6 Å². The zero-order valence-electron chi connectivity index (χ0n) is 10.7. The van der Waals surface area contributed by atoms with Gasteiger partial charge in [0, 0.05) is 22.7 Å². The first kappa shape index (κ1) is 14.3. The van der Waals surface area contributed by atoms with Crippen molar-refractivity contribution in [2.45, 2.75) is 38.8 Å². The molecule has 0 saturated carbocycles. The normalized spacial score (nSPS) is 14.5. The molecule has 17 heavy (non-hydrogen) atoms. The molecule has 3 nitrogen and oxygen atoms in total. The summed E-state index contributed by atoms with van der Waals surface area (Å²) in [5.41, 5.74) is 13.8. The van der Waals surface area contributed by atoms with Crippen LogP contribution in [0.4, 0.5) is 0 Å². The largest absolute Gasteiger partial charge is 0.496 e. The Morgan fingerprint density at radius 1 is 1.29 bits per heavy atom. The van der Waals surface area contributed by atoms with E-state index in [0.717, 1.165) is 34.7 Å². The molecule has 0 heterocycles. The molecule has 0 aliphatic heterocycles. The van der Waals surface area contributed by atoms with E-state index in [-0.39, 0.29) is 12.1 Å². The minimum absolute atomic E-state index is 0.0888. The first-order valence-electron chi connectivity index (χ1n) is 5.81. The molecule has 1 rings (SSSR count). The van der Waals surface area contributed by atoms with Crippen molar-refractivity contribution in [3.63, 3.8) is 0 Å². The third kappa shape index (κ3) is 3.87. The van der Waals surface area contributed by atoms with Crippen LogP contribution in [0.1, 0.15) is 36.9 Å². The van der Waals surface area contributed by atoms with Gasteiger partial charge in [-0.1, -0.05) is 11.6 Å². The van der Waals surface area contributed by atoms with E-state index in [0.29, 0.717) is 0 Å². The number of ether oxygens (including phenoxy) is 1. The van der Waals surface area contributed by atoms with Gasteiger partial charge in [-0.3, -0.25) is 0 Å². The molecule has 4 N–H and O–H groups in total. The average molecular weight is 257 g/mol. The van der Waals surface area contributed by atoms with Crippen molar-refractivity contribution in [2.24, 2.45) is 11.5 Å². The fourth-order valence-electron chi connectivity index (χ4n) is 1.73. The van der Waals surface area contributed by atoms with Crippen molar-refractivity contribution in [1.29, 1.82) is 0 Å². The smallest absolute Gasteiger partial charge is 0.123 e. The first-order valence-corrected chi connectivity index (χ1v) is 6.18. The molecule has 96 valence electrons. The number of rotatable bonds is 5. The zero-order chi connectivity index (χ0) is 13.0. The molecule has 2 unspecified atom stereocenters.